The van der Waals surface area contributed by atoms with Crippen LogP contribution in [0.5, 0.6) is 0 Å². The van der Waals surface area contributed by atoms with Gasteiger partial charge in [-0.05, 0) is 50.1 Å². The summed E-state index contributed by atoms with van der Waals surface area (Å²) >= 11 is 5.72. The molecule has 1 saturated heterocycles. The minimum absolute atomic E-state index is 0.0253. The van der Waals surface area contributed by atoms with Crippen molar-refractivity contribution in [1.82, 2.24) is 4.31 Å². The highest BCUT2D eigenvalue weighted by Crippen LogP contribution is 2.27. The minimum atomic E-state index is -3.82. The molecule has 2 aromatic carbocycles. The molecule has 0 bridgehead atoms. The summed E-state index contributed by atoms with van der Waals surface area (Å²) in [7, 11) is -3.82. The lowest BCUT2D eigenvalue weighted by Gasteiger charge is -2.33. The topological polar surface area (TPSA) is 66.5 Å². The zero-order valence-electron chi connectivity index (χ0n) is 14.8. The van der Waals surface area contributed by atoms with Crippen molar-refractivity contribution in [2.75, 3.05) is 11.9 Å². The first-order chi connectivity index (χ1) is 12.8. The van der Waals surface area contributed by atoms with E-state index in [0.29, 0.717) is 12.8 Å². The van der Waals surface area contributed by atoms with Gasteiger partial charge in [0, 0.05) is 11.6 Å². The third-order valence-electron chi connectivity index (χ3n) is 4.57. The molecule has 0 aromatic heterocycles. The molecule has 1 fully saturated rings. The van der Waals surface area contributed by atoms with Crippen molar-refractivity contribution in [3.05, 3.63) is 58.9 Å². The van der Waals surface area contributed by atoms with Crippen LogP contribution in [0.2, 0.25) is 5.02 Å². The average molecular weight is 411 g/mol. The van der Waals surface area contributed by atoms with E-state index >= 15 is 0 Å². The van der Waals surface area contributed by atoms with Gasteiger partial charge in [-0.15, -0.1) is 0 Å². The van der Waals surface area contributed by atoms with Crippen LogP contribution >= 0.6 is 11.6 Å². The van der Waals surface area contributed by atoms with Crippen molar-refractivity contribution in [2.24, 2.45) is 0 Å². The van der Waals surface area contributed by atoms with Gasteiger partial charge in [-0.25, -0.2) is 12.8 Å². The van der Waals surface area contributed by atoms with Crippen molar-refractivity contribution in [1.29, 1.82) is 0 Å². The van der Waals surface area contributed by atoms with Gasteiger partial charge < -0.3 is 5.32 Å². The van der Waals surface area contributed by atoms with Crippen LogP contribution in [0, 0.1) is 12.7 Å². The Kier molecular flexibility index (Phi) is 5.83. The van der Waals surface area contributed by atoms with E-state index in [4.69, 9.17) is 11.6 Å². The van der Waals surface area contributed by atoms with Crippen LogP contribution in [-0.2, 0) is 14.8 Å². The zero-order chi connectivity index (χ0) is 19.6. The SMILES string of the molecule is Cc1ccc(S(=O)(=O)N2CCCC[C@H]2C(=O)Nc2ccc(Cl)cc2F)cc1. The van der Waals surface area contributed by atoms with Gasteiger partial charge in [0.25, 0.3) is 0 Å². The van der Waals surface area contributed by atoms with Crippen LogP contribution in [0.25, 0.3) is 0 Å². The van der Waals surface area contributed by atoms with Crippen molar-refractivity contribution >= 4 is 33.2 Å². The number of nitrogens with zero attached hydrogens (tertiary/aromatic N) is 1. The fourth-order valence-corrected chi connectivity index (χ4v) is 4.92. The summed E-state index contributed by atoms with van der Waals surface area (Å²) < 4.78 is 41.3. The largest absolute Gasteiger partial charge is 0.322 e. The number of piperidine rings is 1. The molecular formula is C19H20ClFN2O3S. The maximum absolute atomic E-state index is 14.0. The highest BCUT2D eigenvalue weighted by atomic mass is 35.5. The molecule has 0 spiro atoms. The van der Waals surface area contributed by atoms with Crippen LogP contribution < -0.4 is 5.32 Å². The third-order valence-corrected chi connectivity index (χ3v) is 6.73. The second-order valence-electron chi connectivity index (χ2n) is 6.55. The van der Waals surface area contributed by atoms with E-state index in [9.17, 15) is 17.6 Å². The molecule has 1 atom stereocenters. The first kappa shape index (κ1) is 19.8. The molecule has 144 valence electrons. The minimum Gasteiger partial charge on any atom is -0.322 e. The van der Waals surface area contributed by atoms with E-state index in [0.717, 1.165) is 18.1 Å². The number of amides is 1. The van der Waals surface area contributed by atoms with Gasteiger partial charge in [0.2, 0.25) is 15.9 Å². The molecule has 5 nitrogen and oxygen atoms in total. The van der Waals surface area contributed by atoms with Crippen LogP contribution in [0.4, 0.5) is 10.1 Å². The molecule has 1 heterocycles. The molecule has 1 aliphatic rings. The summed E-state index contributed by atoms with van der Waals surface area (Å²) in [5, 5.41) is 2.71. The Labute approximate surface area is 163 Å². The Balaban J connectivity index is 1.86. The maximum atomic E-state index is 14.0. The summed E-state index contributed by atoms with van der Waals surface area (Å²) in [6, 6.07) is 9.53. The fraction of sp³-hybridized carbons (Fsp3) is 0.316. The number of rotatable bonds is 4. The van der Waals surface area contributed by atoms with Gasteiger partial charge in [0.15, 0.2) is 0 Å². The lowest BCUT2D eigenvalue weighted by Crippen LogP contribution is -2.49. The third kappa shape index (κ3) is 4.31. The van der Waals surface area contributed by atoms with Gasteiger partial charge in [-0.2, -0.15) is 4.31 Å². The molecular weight excluding hydrogens is 391 g/mol. The van der Waals surface area contributed by atoms with E-state index < -0.39 is 27.8 Å². The van der Waals surface area contributed by atoms with Gasteiger partial charge >= 0.3 is 0 Å². The summed E-state index contributed by atoms with van der Waals surface area (Å²) in [5.41, 5.74) is 0.919. The standard InChI is InChI=1S/C19H20ClFN2O3S/c1-13-5-8-15(9-6-13)27(25,26)23-11-3-2-4-18(23)19(24)22-17-10-7-14(20)12-16(17)21/h5-10,12,18H,2-4,11H2,1H3,(H,22,24)/t18-/m0/s1. The Morgan fingerprint density at radius 2 is 1.89 bits per heavy atom. The normalized spacial score (nSPS) is 18.3. The van der Waals surface area contributed by atoms with Gasteiger partial charge in [-0.3, -0.25) is 4.79 Å². The molecule has 1 N–H and O–H groups in total. The Bertz CT molecular complexity index is 948. The molecule has 0 unspecified atom stereocenters. The number of benzene rings is 2. The predicted octanol–water partition coefficient (Wildman–Crippen LogP) is 3.97. The Morgan fingerprint density at radius 3 is 2.56 bits per heavy atom. The van der Waals surface area contributed by atoms with E-state index in [1.807, 2.05) is 6.92 Å². The van der Waals surface area contributed by atoms with E-state index in [2.05, 4.69) is 5.32 Å². The number of anilines is 1. The molecule has 0 aliphatic carbocycles. The molecule has 0 radical (unpaired) electrons. The summed E-state index contributed by atoms with van der Waals surface area (Å²) in [6.45, 7) is 2.12. The number of hydrogen-bond donors (Lipinski definition) is 1. The second kappa shape index (κ2) is 7.96. The lowest BCUT2D eigenvalue weighted by molar-refractivity contribution is -0.120. The van der Waals surface area contributed by atoms with E-state index in [1.165, 1.54) is 28.6 Å². The number of aryl methyl sites for hydroxylation is 1. The molecule has 27 heavy (non-hydrogen) atoms. The highest BCUT2D eigenvalue weighted by molar-refractivity contribution is 7.89. The summed E-state index contributed by atoms with van der Waals surface area (Å²) in [4.78, 5) is 12.9. The van der Waals surface area contributed by atoms with Crippen LogP contribution in [0.15, 0.2) is 47.4 Å². The highest BCUT2D eigenvalue weighted by Gasteiger charge is 2.37. The molecule has 0 saturated carbocycles. The Morgan fingerprint density at radius 1 is 1.19 bits per heavy atom. The molecule has 2 aromatic rings. The van der Waals surface area contributed by atoms with Crippen molar-refractivity contribution in [3.8, 4) is 0 Å². The smallest absolute Gasteiger partial charge is 0.243 e. The number of nitrogens with one attached hydrogen (secondary N) is 1. The number of hydrogen-bond acceptors (Lipinski definition) is 3. The van der Waals surface area contributed by atoms with Crippen molar-refractivity contribution in [2.45, 2.75) is 37.1 Å². The molecule has 1 aliphatic heterocycles. The molecule has 8 heteroatoms. The molecule has 3 rings (SSSR count). The maximum Gasteiger partial charge on any atom is 0.243 e. The first-order valence-corrected chi connectivity index (χ1v) is 10.5. The summed E-state index contributed by atoms with van der Waals surface area (Å²) in [6.07, 6.45) is 1.78. The van der Waals surface area contributed by atoms with E-state index in [-0.39, 0.29) is 22.2 Å². The number of carbonyl (C=O) groups excluding carboxylic acids is 1. The average Bonchev–Trinajstić information content (AvgIpc) is 2.64. The Hall–Kier alpha value is -1.96. The van der Waals surface area contributed by atoms with Crippen LogP contribution in [0.1, 0.15) is 24.8 Å². The second-order valence-corrected chi connectivity index (χ2v) is 8.88. The van der Waals surface area contributed by atoms with Crippen molar-refractivity contribution in [3.63, 3.8) is 0 Å². The van der Waals surface area contributed by atoms with E-state index in [1.54, 1.807) is 12.1 Å². The number of carbonyl (C=O) groups is 1. The lowest BCUT2D eigenvalue weighted by atomic mass is 10.0. The monoisotopic (exact) mass is 410 g/mol. The van der Waals surface area contributed by atoms with Gasteiger partial charge in [0.05, 0.1) is 10.6 Å². The number of sulfonamides is 1. The summed E-state index contributed by atoms with van der Waals surface area (Å²) in [5.74, 6) is -1.22. The number of halogens is 2. The zero-order valence-corrected chi connectivity index (χ0v) is 16.4. The van der Waals surface area contributed by atoms with Gasteiger partial charge in [-0.1, -0.05) is 35.7 Å². The quantitative estimate of drug-likeness (QED) is 0.829. The first-order valence-electron chi connectivity index (χ1n) is 8.63. The predicted molar refractivity (Wildman–Crippen MR) is 103 cm³/mol. The van der Waals surface area contributed by atoms with Crippen LogP contribution in [-0.4, -0.2) is 31.2 Å². The van der Waals surface area contributed by atoms with Crippen molar-refractivity contribution < 1.29 is 17.6 Å². The molecule has 1 amide bonds. The fourth-order valence-electron chi connectivity index (χ4n) is 3.11. The van der Waals surface area contributed by atoms with Gasteiger partial charge in [0.1, 0.15) is 11.9 Å². The van der Waals surface area contributed by atoms with Crippen LogP contribution in [0.3, 0.4) is 0 Å².